The molecule has 1 aromatic carbocycles. The van der Waals surface area contributed by atoms with E-state index < -0.39 is 62.2 Å². The van der Waals surface area contributed by atoms with Gasteiger partial charge in [-0.15, -0.1) is 0 Å². The molecular formula is C26H32F3N5O5S. The summed E-state index contributed by atoms with van der Waals surface area (Å²) in [5.74, 6) is -2.85. The number of sulfonamides is 1. The lowest BCUT2D eigenvalue weighted by molar-refractivity contribution is -0.169. The predicted molar refractivity (Wildman–Crippen MR) is 137 cm³/mol. The van der Waals surface area contributed by atoms with Gasteiger partial charge in [0.25, 0.3) is 0 Å². The van der Waals surface area contributed by atoms with Gasteiger partial charge >= 0.3 is 6.18 Å². The van der Waals surface area contributed by atoms with Crippen LogP contribution in [0.15, 0.2) is 18.2 Å². The maximum atomic E-state index is 13.7. The summed E-state index contributed by atoms with van der Waals surface area (Å²) in [6, 6.07) is 4.38. The van der Waals surface area contributed by atoms with Crippen molar-refractivity contribution < 1.29 is 35.9 Å². The van der Waals surface area contributed by atoms with Crippen molar-refractivity contribution in [3.63, 3.8) is 0 Å². The first-order valence-electron chi connectivity index (χ1n) is 13.3. The Morgan fingerprint density at radius 3 is 2.05 bits per heavy atom. The Morgan fingerprint density at radius 2 is 1.55 bits per heavy atom. The minimum absolute atomic E-state index is 0.0732. The molecule has 1 aromatic rings. The van der Waals surface area contributed by atoms with Crippen LogP contribution in [-0.2, 0) is 30.5 Å². The lowest BCUT2D eigenvalue weighted by Crippen LogP contribution is -2.59. The van der Waals surface area contributed by atoms with E-state index in [2.05, 4.69) is 9.80 Å². The number of alkyl halides is 3. The third-order valence-corrected chi connectivity index (χ3v) is 10.6. The van der Waals surface area contributed by atoms with Gasteiger partial charge in [-0.2, -0.15) is 22.7 Å². The molecule has 4 aliphatic rings. The number of carbonyl (C=O) groups is 2. The molecular weight excluding hydrogens is 551 g/mol. The van der Waals surface area contributed by atoms with Gasteiger partial charge in [0.1, 0.15) is 0 Å². The van der Waals surface area contributed by atoms with E-state index in [1.54, 1.807) is 20.8 Å². The highest BCUT2D eigenvalue weighted by Gasteiger charge is 2.71. The summed E-state index contributed by atoms with van der Waals surface area (Å²) in [7, 11) is -3.22. The summed E-state index contributed by atoms with van der Waals surface area (Å²) in [5, 5.41) is 9.11. The van der Waals surface area contributed by atoms with Crippen LogP contribution in [-0.4, -0.2) is 104 Å². The molecule has 40 heavy (non-hydrogen) atoms. The molecule has 2 bridgehead atoms. The van der Waals surface area contributed by atoms with Crippen LogP contribution in [0.2, 0.25) is 0 Å². The number of nitrogens with zero attached hydrogens (tertiary/aromatic N) is 5. The number of fused-ring (bicyclic) bond motifs is 5. The minimum atomic E-state index is -4.82. The van der Waals surface area contributed by atoms with Gasteiger partial charge in [-0.3, -0.25) is 19.4 Å². The second-order valence-electron chi connectivity index (χ2n) is 11.4. The Kier molecular flexibility index (Phi) is 7.07. The molecule has 0 aromatic heterocycles. The summed E-state index contributed by atoms with van der Waals surface area (Å²) in [6.07, 6.45) is -4.82. The number of piperazine rings is 1. The van der Waals surface area contributed by atoms with Crippen molar-refractivity contribution in [2.24, 2.45) is 11.8 Å². The van der Waals surface area contributed by atoms with Crippen LogP contribution in [0.5, 0.6) is 0 Å². The van der Waals surface area contributed by atoms with Gasteiger partial charge in [-0.25, -0.2) is 13.3 Å². The van der Waals surface area contributed by atoms with Gasteiger partial charge in [-0.1, -0.05) is 0 Å². The molecule has 4 heterocycles. The van der Waals surface area contributed by atoms with Crippen LogP contribution in [0.4, 0.5) is 18.9 Å². The van der Waals surface area contributed by atoms with E-state index in [1.165, 1.54) is 16.4 Å². The van der Waals surface area contributed by atoms with Crippen molar-refractivity contribution in [2.75, 3.05) is 63.0 Å². The Bertz CT molecular complexity index is 1340. The maximum Gasteiger partial charge on any atom is 0.417 e. The van der Waals surface area contributed by atoms with Gasteiger partial charge in [0.05, 0.1) is 51.7 Å². The fraction of sp³-hybridized carbons (Fsp3) is 0.654. The number of likely N-dealkylation sites (tertiary alicyclic amines) is 1. The van der Waals surface area contributed by atoms with Crippen molar-refractivity contribution in [1.29, 1.82) is 5.26 Å². The third-order valence-electron chi connectivity index (χ3n) is 8.67. The standard InChI is InChI=1S/C26H32F3N5O5S/c1-4-40(37,38)33-11-9-31(10-12-33)7-8-32-15-24(2)20-21(25(3,16-32)39-24)23(36)34(22(20)35)18-6-5-17(14-30)19(13-18)26(27,28)29/h5-6,13,20-21H,4,7-12,15-16H2,1-3H3/t20-,21+,24?,25?. The second-order valence-corrected chi connectivity index (χ2v) is 13.6. The minimum Gasteiger partial charge on any atom is -0.365 e. The second kappa shape index (κ2) is 9.77. The highest BCUT2D eigenvalue weighted by atomic mass is 32.2. The summed E-state index contributed by atoms with van der Waals surface area (Å²) in [6.45, 7) is 9.29. The van der Waals surface area contributed by atoms with Gasteiger partial charge in [0.15, 0.2) is 0 Å². The molecule has 0 aliphatic carbocycles. The fourth-order valence-corrected chi connectivity index (χ4v) is 7.96. The maximum absolute atomic E-state index is 13.7. The van der Waals surface area contributed by atoms with E-state index in [1.807, 2.05) is 0 Å². The lowest BCUT2D eigenvalue weighted by atomic mass is 9.79. The van der Waals surface area contributed by atoms with Crippen molar-refractivity contribution in [3.05, 3.63) is 29.3 Å². The van der Waals surface area contributed by atoms with Crippen LogP contribution in [0.25, 0.3) is 0 Å². The van der Waals surface area contributed by atoms with E-state index in [-0.39, 0.29) is 11.4 Å². The van der Waals surface area contributed by atoms with Crippen LogP contribution >= 0.6 is 0 Å². The van der Waals surface area contributed by atoms with Crippen LogP contribution in [0, 0.1) is 23.2 Å². The van der Waals surface area contributed by atoms with Crippen molar-refractivity contribution in [1.82, 2.24) is 14.1 Å². The smallest absolute Gasteiger partial charge is 0.365 e. The van der Waals surface area contributed by atoms with Crippen molar-refractivity contribution in [3.8, 4) is 6.07 Å². The van der Waals surface area contributed by atoms with Gasteiger partial charge in [0, 0.05) is 52.4 Å². The summed E-state index contributed by atoms with van der Waals surface area (Å²) < 4.78 is 72.9. The number of ether oxygens (including phenoxy) is 1. The zero-order chi connectivity index (χ0) is 29.3. The monoisotopic (exact) mass is 583 g/mol. The molecule has 4 fully saturated rings. The molecule has 0 radical (unpaired) electrons. The van der Waals surface area contributed by atoms with Crippen molar-refractivity contribution in [2.45, 2.75) is 38.1 Å². The highest BCUT2D eigenvalue weighted by molar-refractivity contribution is 7.89. The molecule has 2 unspecified atom stereocenters. The fourth-order valence-electron chi connectivity index (χ4n) is 6.88. The molecule has 14 heteroatoms. The number of benzene rings is 1. The van der Waals surface area contributed by atoms with Gasteiger partial charge in [0.2, 0.25) is 21.8 Å². The first-order valence-corrected chi connectivity index (χ1v) is 14.9. The quantitative estimate of drug-likeness (QED) is 0.464. The summed E-state index contributed by atoms with van der Waals surface area (Å²) >= 11 is 0. The highest BCUT2D eigenvalue weighted by Crippen LogP contribution is 2.55. The molecule has 4 aliphatic heterocycles. The number of hydrogen-bond acceptors (Lipinski definition) is 8. The molecule has 10 nitrogen and oxygen atoms in total. The summed E-state index contributed by atoms with van der Waals surface area (Å²) in [5.41, 5.74) is -4.03. The lowest BCUT2D eigenvalue weighted by Gasteiger charge is -2.45. The topological polar surface area (TPSA) is 114 Å². The molecule has 0 spiro atoms. The van der Waals surface area contributed by atoms with Gasteiger partial charge < -0.3 is 4.74 Å². The number of hydrogen-bond donors (Lipinski definition) is 0. The molecule has 4 atom stereocenters. The SMILES string of the molecule is CCS(=O)(=O)N1CCN(CCN2CC3(C)OC(C)(C2)[C@H]2C(=O)N(c4ccc(C#N)c(C(F)(F)F)c4)C(=O)[C@H]23)CC1. The molecule has 5 rings (SSSR count). The zero-order valence-electron chi connectivity index (χ0n) is 22.6. The van der Waals surface area contributed by atoms with E-state index in [4.69, 9.17) is 10.00 Å². The average Bonchev–Trinajstić information content (AvgIpc) is 3.26. The Balaban J connectivity index is 1.31. The first kappa shape index (κ1) is 28.9. The average molecular weight is 584 g/mol. The number of imide groups is 1. The number of amides is 2. The van der Waals surface area contributed by atoms with Crippen LogP contribution in [0.3, 0.4) is 0 Å². The Hall–Kier alpha value is -2.57. The van der Waals surface area contributed by atoms with Crippen molar-refractivity contribution >= 4 is 27.5 Å². The third kappa shape index (κ3) is 4.71. The summed E-state index contributed by atoms with van der Waals surface area (Å²) in [4.78, 5) is 32.5. The normalized spacial score (nSPS) is 32.0. The van der Waals surface area contributed by atoms with Gasteiger partial charge in [-0.05, 0) is 39.0 Å². The number of halogens is 3. The predicted octanol–water partition coefficient (Wildman–Crippen LogP) is 1.51. The van der Waals surface area contributed by atoms with E-state index in [0.717, 1.165) is 11.0 Å². The largest absolute Gasteiger partial charge is 0.417 e. The Labute approximate surface area is 231 Å². The first-order chi connectivity index (χ1) is 18.6. The number of morpholine rings is 1. The van der Waals surface area contributed by atoms with E-state index in [0.29, 0.717) is 58.4 Å². The zero-order valence-corrected chi connectivity index (χ0v) is 23.4. The number of nitriles is 1. The van der Waals surface area contributed by atoms with E-state index >= 15 is 0 Å². The molecule has 2 amide bonds. The number of anilines is 1. The molecule has 0 saturated carbocycles. The number of rotatable bonds is 6. The van der Waals surface area contributed by atoms with E-state index in [9.17, 15) is 31.2 Å². The molecule has 4 saturated heterocycles. The van der Waals surface area contributed by atoms with Crippen LogP contribution in [0.1, 0.15) is 31.9 Å². The molecule has 218 valence electrons. The number of carbonyl (C=O) groups excluding carboxylic acids is 2. The molecule has 0 N–H and O–H groups in total. The van der Waals surface area contributed by atoms with Crippen LogP contribution < -0.4 is 4.90 Å². The Morgan fingerprint density at radius 1 is 1.00 bits per heavy atom.